The van der Waals surface area contributed by atoms with Gasteiger partial charge in [0.2, 0.25) is 5.91 Å². The molecule has 1 fully saturated rings. The number of benzene rings is 1. The summed E-state index contributed by atoms with van der Waals surface area (Å²) in [6, 6.07) is 4.95. The van der Waals surface area contributed by atoms with Crippen LogP contribution >= 0.6 is 15.9 Å². The summed E-state index contributed by atoms with van der Waals surface area (Å²) in [7, 11) is -3.38. The van der Waals surface area contributed by atoms with Crippen molar-refractivity contribution in [3.05, 3.63) is 22.7 Å². The van der Waals surface area contributed by atoms with Crippen molar-refractivity contribution < 1.29 is 13.2 Å². The van der Waals surface area contributed by atoms with E-state index in [9.17, 15) is 13.2 Å². The molecule has 5 nitrogen and oxygen atoms in total. The van der Waals surface area contributed by atoms with Crippen molar-refractivity contribution in [1.82, 2.24) is 0 Å². The number of amides is 1. The fourth-order valence-electron chi connectivity index (χ4n) is 2.54. The van der Waals surface area contributed by atoms with E-state index < -0.39 is 21.5 Å². The van der Waals surface area contributed by atoms with Crippen molar-refractivity contribution in [3.8, 4) is 0 Å². The van der Waals surface area contributed by atoms with Crippen LogP contribution in [0.25, 0.3) is 0 Å². The molecular weight excluding hydrogens is 356 g/mol. The summed E-state index contributed by atoms with van der Waals surface area (Å²) in [6.45, 7) is 0. The monoisotopic (exact) mass is 374 g/mol. The summed E-state index contributed by atoms with van der Waals surface area (Å²) >= 11 is 3.29. The van der Waals surface area contributed by atoms with Crippen LogP contribution in [0.3, 0.4) is 0 Å². The third-order valence-electron chi connectivity index (χ3n) is 3.66. The summed E-state index contributed by atoms with van der Waals surface area (Å²) < 4.78 is 25.1. The first kappa shape index (κ1) is 16.3. The standard InChI is InChI=1S/C14H19BrN2O3S/c15-12-8-10(16)6-7-13(12)17-14(18)9-21(19,20)11-4-2-1-3-5-11/h6-8,11H,1-5,9,16H2,(H,17,18). The molecule has 0 spiro atoms. The Kier molecular flexibility index (Phi) is 5.27. The van der Waals surface area contributed by atoms with Crippen LogP contribution in [0.4, 0.5) is 11.4 Å². The summed E-state index contributed by atoms with van der Waals surface area (Å²) in [5.41, 5.74) is 6.70. The molecule has 0 aromatic heterocycles. The smallest absolute Gasteiger partial charge is 0.239 e. The van der Waals surface area contributed by atoms with Crippen LogP contribution in [0.5, 0.6) is 0 Å². The maximum Gasteiger partial charge on any atom is 0.239 e. The summed E-state index contributed by atoms with van der Waals surface area (Å²) in [4.78, 5) is 12.0. The van der Waals surface area contributed by atoms with Crippen LogP contribution in [-0.2, 0) is 14.6 Å². The number of hydrogen-bond donors (Lipinski definition) is 2. The van der Waals surface area contributed by atoms with E-state index in [0.717, 1.165) is 19.3 Å². The van der Waals surface area contributed by atoms with E-state index >= 15 is 0 Å². The van der Waals surface area contributed by atoms with Gasteiger partial charge >= 0.3 is 0 Å². The molecule has 0 bridgehead atoms. The Morgan fingerprint density at radius 1 is 1.29 bits per heavy atom. The van der Waals surface area contributed by atoms with Crippen LogP contribution < -0.4 is 11.1 Å². The van der Waals surface area contributed by atoms with Crippen molar-refractivity contribution in [1.29, 1.82) is 0 Å². The first-order valence-corrected chi connectivity index (χ1v) is 9.46. The third kappa shape index (κ3) is 4.44. The van der Waals surface area contributed by atoms with Crippen LogP contribution in [0, 0.1) is 0 Å². The number of sulfone groups is 1. The van der Waals surface area contributed by atoms with Crippen molar-refractivity contribution in [2.24, 2.45) is 0 Å². The van der Waals surface area contributed by atoms with Crippen LogP contribution in [0.15, 0.2) is 22.7 Å². The molecule has 7 heteroatoms. The maximum atomic E-state index is 12.2. The predicted octanol–water partition coefficient (Wildman–Crippen LogP) is 2.72. The van der Waals surface area contributed by atoms with Gasteiger partial charge in [-0.15, -0.1) is 0 Å². The first-order valence-electron chi connectivity index (χ1n) is 6.95. The normalized spacial score (nSPS) is 16.6. The van der Waals surface area contributed by atoms with Gasteiger partial charge < -0.3 is 11.1 Å². The summed E-state index contributed by atoms with van der Waals surface area (Å²) in [5.74, 6) is -0.972. The Balaban J connectivity index is 2.00. The van der Waals surface area contributed by atoms with E-state index in [2.05, 4.69) is 21.2 Å². The minimum atomic E-state index is -3.38. The molecule has 1 aromatic carbocycles. The van der Waals surface area contributed by atoms with Crippen LogP contribution in [0.2, 0.25) is 0 Å². The van der Waals surface area contributed by atoms with Crippen molar-refractivity contribution in [2.45, 2.75) is 37.4 Å². The second-order valence-corrected chi connectivity index (χ2v) is 8.49. The number of hydrogen-bond acceptors (Lipinski definition) is 4. The fraction of sp³-hybridized carbons (Fsp3) is 0.500. The molecule has 0 unspecified atom stereocenters. The lowest BCUT2D eigenvalue weighted by Gasteiger charge is -2.21. The van der Waals surface area contributed by atoms with Gasteiger partial charge in [-0.2, -0.15) is 0 Å². The molecule has 0 atom stereocenters. The van der Waals surface area contributed by atoms with E-state index in [-0.39, 0.29) is 5.25 Å². The minimum absolute atomic E-state index is 0.369. The van der Waals surface area contributed by atoms with Gasteiger partial charge in [-0.3, -0.25) is 4.79 Å². The van der Waals surface area contributed by atoms with Crippen molar-refractivity contribution in [3.63, 3.8) is 0 Å². The SMILES string of the molecule is Nc1ccc(NC(=O)CS(=O)(=O)C2CCCCC2)c(Br)c1. The number of anilines is 2. The minimum Gasteiger partial charge on any atom is -0.399 e. The molecule has 116 valence electrons. The van der Waals surface area contributed by atoms with Crippen molar-refractivity contribution >= 4 is 43.0 Å². The average molecular weight is 375 g/mol. The summed E-state index contributed by atoms with van der Waals surface area (Å²) in [5, 5.41) is 2.24. The Labute approximate surface area is 133 Å². The zero-order chi connectivity index (χ0) is 15.5. The fourth-order valence-corrected chi connectivity index (χ4v) is 4.76. The molecule has 3 N–H and O–H groups in total. The highest BCUT2D eigenvalue weighted by Gasteiger charge is 2.29. The molecule has 1 aromatic rings. The Hall–Kier alpha value is -1.08. The van der Waals surface area contributed by atoms with E-state index in [1.807, 2.05) is 0 Å². The molecule has 21 heavy (non-hydrogen) atoms. The molecule has 1 amide bonds. The largest absolute Gasteiger partial charge is 0.399 e. The first-order chi connectivity index (χ1) is 9.88. The lowest BCUT2D eigenvalue weighted by atomic mass is 10.0. The number of carbonyl (C=O) groups is 1. The number of nitrogen functional groups attached to an aromatic ring is 1. The number of nitrogens with one attached hydrogen (secondary N) is 1. The second kappa shape index (κ2) is 6.79. The van der Waals surface area contributed by atoms with Gasteiger partial charge in [-0.05, 0) is 47.0 Å². The second-order valence-electron chi connectivity index (χ2n) is 5.35. The highest BCUT2D eigenvalue weighted by molar-refractivity contribution is 9.10. The molecule has 0 radical (unpaired) electrons. The number of nitrogens with two attached hydrogens (primary N) is 1. The highest BCUT2D eigenvalue weighted by atomic mass is 79.9. The van der Waals surface area contributed by atoms with Crippen LogP contribution in [0.1, 0.15) is 32.1 Å². The Morgan fingerprint density at radius 3 is 2.57 bits per heavy atom. The zero-order valence-corrected chi connectivity index (χ0v) is 14.0. The molecule has 1 saturated carbocycles. The average Bonchev–Trinajstić information content (AvgIpc) is 2.42. The molecule has 0 aliphatic heterocycles. The van der Waals surface area contributed by atoms with E-state index in [1.165, 1.54) is 0 Å². The van der Waals surface area contributed by atoms with Gasteiger partial charge in [-0.25, -0.2) is 8.42 Å². The lowest BCUT2D eigenvalue weighted by molar-refractivity contribution is -0.113. The van der Waals surface area contributed by atoms with Crippen LogP contribution in [-0.4, -0.2) is 25.3 Å². The quantitative estimate of drug-likeness (QED) is 0.792. The molecule has 1 aliphatic carbocycles. The zero-order valence-electron chi connectivity index (χ0n) is 11.6. The highest BCUT2D eigenvalue weighted by Crippen LogP contribution is 2.26. The van der Waals surface area contributed by atoms with E-state index in [1.54, 1.807) is 18.2 Å². The lowest BCUT2D eigenvalue weighted by Crippen LogP contribution is -2.32. The molecular formula is C14H19BrN2O3S. The third-order valence-corrected chi connectivity index (χ3v) is 6.47. The van der Waals surface area contributed by atoms with E-state index in [4.69, 9.17) is 5.73 Å². The van der Waals surface area contributed by atoms with Gasteiger partial charge in [0.1, 0.15) is 5.75 Å². The molecule has 2 rings (SSSR count). The Morgan fingerprint density at radius 2 is 1.95 bits per heavy atom. The number of halogens is 1. The summed E-state index contributed by atoms with van der Waals surface area (Å²) in [6.07, 6.45) is 4.27. The number of carbonyl (C=O) groups excluding carboxylic acids is 1. The van der Waals surface area contributed by atoms with Gasteiger partial charge in [0.25, 0.3) is 0 Å². The predicted molar refractivity (Wildman–Crippen MR) is 87.8 cm³/mol. The van der Waals surface area contributed by atoms with Gasteiger partial charge in [-0.1, -0.05) is 19.3 Å². The molecule has 1 aliphatic rings. The molecule has 0 heterocycles. The van der Waals surface area contributed by atoms with E-state index in [0.29, 0.717) is 28.7 Å². The topological polar surface area (TPSA) is 89.3 Å². The van der Waals surface area contributed by atoms with Gasteiger partial charge in [0.15, 0.2) is 9.84 Å². The molecule has 0 saturated heterocycles. The van der Waals surface area contributed by atoms with Crippen molar-refractivity contribution in [2.75, 3.05) is 16.8 Å². The Bertz CT molecular complexity index is 625. The number of rotatable bonds is 4. The maximum absolute atomic E-state index is 12.2. The van der Waals surface area contributed by atoms with Gasteiger partial charge in [0.05, 0.1) is 10.9 Å². The van der Waals surface area contributed by atoms with Gasteiger partial charge in [0, 0.05) is 10.2 Å².